The Labute approximate surface area is 165 Å². The first-order valence-corrected chi connectivity index (χ1v) is 9.54. The molecule has 0 unspecified atom stereocenters. The summed E-state index contributed by atoms with van der Waals surface area (Å²) in [7, 11) is 0. The fourth-order valence-electron chi connectivity index (χ4n) is 3.69. The summed E-state index contributed by atoms with van der Waals surface area (Å²) in [6.07, 6.45) is 0.0639. The molecule has 3 aromatic carbocycles. The molecule has 4 nitrogen and oxygen atoms in total. The number of ether oxygens (including phenoxy) is 2. The lowest BCUT2D eigenvalue weighted by Gasteiger charge is -2.37. The highest BCUT2D eigenvalue weighted by Crippen LogP contribution is 2.40. The minimum absolute atomic E-state index is 0.274. The van der Waals surface area contributed by atoms with E-state index in [2.05, 4.69) is 41.7 Å². The molecule has 142 valence electrons. The van der Waals surface area contributed by atoms with Crippen molar-refractivity contribution in [2.45, 2.75) is 18.1 Å². The zero-order valence-corrected chi connectivity index (χ0v) is 15.6. The number of amides is 1. The number of carbonyl (C=O) groups is 1. The molecule has 1 fully saturated rings. The van der Waals surface area contributed by atoms with Crippen molar-refractivity contribution in [2.75, 3.05) is 13.2 Å². The molecule has 1 saturated heterocycles. The molecule has 1 aliphatic heterocycles. The predicted molar refractivity (Wildman–Crippen MR) is 108 cm³/mol. The summed E-state index contributed by atoms with van der Waals surface area (Å²) >= 11 is 0. The summed E-state index contributed by atoms with van der Waals surface area (Å²) in [6.45, 7) is 0.911. The average molecular weight is 373 g/mol. The van der Waals surface area contributed by atoms with Crippen LogP contribution < -0.4 is 5.32 Å². The van der Waals surface area contributed by atoms with Crippen LogP contribution in [0.1, 0.15) is 23.1 Å². The van der Waals surface area contributed by atoms with Gasteiger partial charge in [-0.25, -0.2) is 4.79 Å². The first-order valence-electron chi connectivity index (χ1n) is 9.54. The number of benzene rings is 3. The van der Waals surface area contributed by atoms with Gasteiger partial charge in [-0.05, 0) is 16.7 Å². The second kappa shape index (κ2) is 8.28. The highest BCUT2D eigenvalue weighted by molar-refractivity contribution is 5.68. The Bertz CT molecular complexity index is 800. The number of hydrogen-bond donors (Lipinski definition) is 1. The van der Waals surface area contributed by atoms with Gasteiger partial charge in [0.1, 0.15) is 11.7 Å². The summed E-state index contributed by atoms with van der Waals surface area (Å²) < 4.78 is 12.1. The van der Waals surface area contributed by atoms with E-state index in [1.807, 2.05) is 54.6 Å². The van der Waals surface area contributed by atoms with E-state index in [0.29, 0.717) is 13.2 Å². The normalized spacial score (nSPS) is 16.9. The summed E-state index contributed by atoms with van der Waals surface area (Å²) in [4.78, 5) is 11.6. The Balaban J connectivity index is 1.80. The number of carbonyl (C=O) groups excluding carboxylic acids is 1. The van der Waals surface area contributed by atoms with Crippen molar-refractivity contribution in [1.29, 1.82) is 0 Å². The molecule has 1 N–H and O–H groups in total. The minimum Gasteiger partial charge on any atom is -0.444 e. The lowest BCUT2D eigenvalue weighted by molar-refractivity contribution is -0.0505. The number of nitrogens with one attached hydrogen (secondary N) is 1. The Hall–Kier alpha value is -3.11. The van der Waals surface area contributed by atoms with E-state index in [1.165, 1.54) is 0 Å². The number of alkyl carbamates (subject to hydrolysis) is 1. The van der Waals surface area contributed by atoms with Crippen LogP contribution in [-0.4, -0.2) is 25.3 Å². The van der Waals surface area contributed by atoms with Crippen LogP contribution in [-0.2, 0) is 15.1 Å². The molecule has 1 heterocycles. The highest BCUT2D eigenvalue weighted by Gasteiger charge is 2.38. The van der Waals surface area contributed by atoms with Gasteiger partial charge in [0, 0.05) is 13.0 Å². The van der Waals surface area contributed by atoms with Crippen LogP contribution >= 0.6 is 0 Å². The van der Waals surface area contributed by atoms with E-state index in [1.54, 1.807) is 0 Å². The van der Waals surface area contributed by atoms with Crippen molar-refractivity contribution in [3.8, 4) is 0 Å². The summed E-state index contributed by atoms with van der Waals surface area (Å²) in [5.74, 6) is 0. The first kappa shape index (κ1) is 18.3. The molecule has 1 atom stereocenters. The van der Waals surface area contributed by atoms with Crippen LogP contribution in [0.15, 0.2) is 91.0 Å². The Kier molecular flexibility index (Phi) is 5.40. The summed E-state index contributed by atoms with van der Waals surface area (Å²) in [5, 5.41) is 2.69. The van der Waals surface area contributed by atoms with Crippen LogP contribution in [0.25, 0.3) is 0 Å². The van der Waals surface area contributed by atoms with Gasteiger partial charge in [-0.15, -0.1) is 0 Å². The maximum atomic E-state index is 11.6. The topological polar surface area (TPSA) is 47.6 Å². The van der Waals surface area contributed by atoms with Crippen molar-refractivity contribution in [3.05, 3.63) is 108 Å². The fraction of sp³-hybridized carbons (Fsp3) is 0.208. The molecule has 0 radical (unpaired) electrons. The van der Waals surface area contributed by atoms with Crippen molar-refractivity contribution >= 4 is 6.09 Å². The molecular formula is C24H23NO3. The lowest BCUT2D eigenvalue weighted by Crippen LogP contribution is -2.42. The summed E-state index contributed by atoms with van der Waals surface area (Å²) in [6, 6.07) is 30.6. The van der Waals surface area contributed by atoms with Crippen LogP contribution in [0.5, 0.6) is 0 Å². The minimum atomic E-state index is -0.791. The maximum absolute atomic E-state index is 11.6. The molecule has 1 aliphatic rings. The second-order valence-electron chi connectivity index (χ2n) is 6.83. The largest absolute Gasteiger partial charge is 0.444 e. The van der Waals surface area contributed by atoms with Crippen molar-refractivity contribution in [1.82, 2.24) is 5.32 Å². The van der Waals surface area contributed by atoms with E-state index in [9.17, 15) is 4.79 Å². The fourth-order valence-corrected chi connectivity index (χ4v) is 3.69. The van der Waals surface area contributed by atoms with Crippen LogP contribution in [0.4, 0.5) is 4.79 Å². The third-order valence-electron chi connectivity index (χ3n) is 5.04. The van der Waals surface area contributed by atoms with Gasteiger partial charge in [0.15, 0.2) is 0 Å². The van der Waals surface area contributed by atoms with Crippen LogP contribution in [0, 0.1) is 0 Å². The number of cyclic esters (lactones) is 1. The van der Waals surface area contributed by atoms with Crippen LogP contribution in [0.3, 0.4) is 0 Å². The molecular weight excluding hydrogens is 350 g/mol. The van der Waals surface area contributed by atoms with E-state index in [4.69, 9.17) is 9.47 Å². The van der Waals surface area contributed by atoms with Gasteiger partial charge in [0.25, 0.3) is 0 Å². The standard InChI is InChI=1S/C24H23NO3/c26-23-25-17-16-22(28-23)18-27-24(19-10-4-1-5-11-19,20-12-6-2-7-13-20)21-14-8-3-9-15-21/h1-15,22H,16-18H2,(H,25,26)/t22-/m0/s1. The molecule has 1 amide bonds. The van der Waals surface area contributed by atoms with Crippen molar-refractivity contribution in [2.24, 2.45) is 0 Å². The van der Waals surface area contributed by atoms with Gasteiger partial charge in [-0.2, -0.15) is 0 Å². The van der Waals surface area contributed by atoms with Gasteiger partial charge in [-0.3, -0.25) is 0 Å². The molecule has 3 aromatic rings. The van der Waals surface area contributed by atoms with Gasteiger partial charge in [-0.1, -0.05) is 91.0 Å². The van der Waals surface area contributed by atoms with Gasteiger partial charge >= 0.3 is 6.09 Å². The van der Waals surface area contributed by atoms with Crippen molar-refractivity contribution < 1.29 is 14.3 Å². The van der Waals surface area contributed by atoms with Crippen LogP contribution in [0.2, 0.25) is 0 Å². The van der Waals surface area contributed by atoms with E-state index in [-0.39, 0.29) is 12.2 Å². The average Bonchev–Trinajstić information content (AvgIpc) is 2.77. The molecule has 0 bridgehead atoms. The number of rotatable bonds is 6. The number of hydrogen-bond acceptors (Lipinski definition) is 3. The van der Waals surface area contributed by atoms with Crippen molar-refractivity contribution in [3.63, 3.8) is 0 Å². The first-order chi connectivity index (χ1) is 13.8. The third-order valence-corrected chi connectivity index (χ3v) is 5.04. The third kappa shape index (κ3) is 3.64. The van der Waals surface area contributed by atoms with E-state index in [0.717, 1.165) is 23.1 Å². The quantitative estimate of drug-likeness (QED) is 0.648. The SMILES string of the molecule is O=C1NCC[C@@H](COC(c2ccccc2)(c2ccccc2)c2ccccc2)O1. The summed E-state index contributed by atoms with van der Waals surface area (Å²) in [5.41, 5.74) is 2.31. The van der Waals surface area contributed by atoms with E-state index >= 15 is 0 Å². The molecule has 0 spiro atoms. The lowest BCUT2D eigenvalue weighted by atomic mass is 9.80. The highest BCUT2D eigenvalue weighted by atomic mass is 16.6. The molecule has 0 aliphatic carbocycles. The van der Waals surface area contributed by atoms with Gasteiger partial charge < -0.3 is 14.8 Å². The second-order valence-corrected chi connectivity index (χ2v) is 6.83. The van der Waals surface area contributed by atoms with Gasteiger partial charge in [0.05, 0.1) is 6.61 Å². The molecule has 4 heteroatoms. The Morgan fingerprint density at radius 2 is 1.29 bits per heavy atom. The smallest absolute Gasteiger partial charge is 0.407 e. The molecule has 28 heavy (non-hydrogen) atoms. The molecule has 0 aromatic heterocycles. The zero-order valence-electron chi connectivity index (χ0n) is 15.6. The molecule has 0 saturated carbocycles. The predicted octanol–water partition coefficient (Wildman–Crippen LogP) is 4.49. The molecule has 4 rings (SSSR count). The monoisotopic (exact) mass is 373 g/mol. The Morgan fingerprint density at radius 1 is 0.821 bits per heavy atom. The Morgan fingerprint density at radius 3 is 1.71 bits per heavy atom. The zero-order chi connectivity index (χ0) is 19.2. The van der Waals surface area contributed by atoms with E-state index < -0.39 is 5.60 Å². The maximum Gasteiger partial charge on any atom is 0.407 e. The van der Waals surface area contributed by atoms with Gasteiger partial charge in [0.2, 0.25) is 0 Å².